The lowest BCUT2D eigenvalue weighted by Gasteiger charge is -2.22. The van der Waals surface area contributed by atoms with Gasteiger partial charge in [0, 0.05) is 50.0 Å². The number of amides is 4. The van der Waals surface area contributed by atoms with Crippen molar-refractivity contribution < 1.29 is 42.9 Å². The minimum Gasteiger partial charge on any atom is -0.493 e. The summed E-state index contributed by atoms with van der Waals surface area (Å²) in [5.74, 6) is -1.09. The molecule has 3 aromatic rings. The van der Waals surface area contributed by atoms with Crippen molar-refractivity contribution in [3.8, 4) is 11.5 Å². The number of hydrogen-bond acceptors (Lipinski definition) is 10. The third kappa shape index (κ3) is 9.57. The average Bonchev–Trinajstić information content (AvgIpc) is 3.46. The number of ether oxygens (including phenoxy) is 4. The summed E-state index contributed by atoms with van der Waals surface area (Å²) in [4.78, 5) is 69.6. The van der Waals surface area contributed by atoms with Crippen LogP contribution >= 0.6 is 0 Å². The fraction of sp³-hybridized carbons (Fsp3) is 0.385. The predicted octanol–water partition coefficient (Wildman–Crippen LogP) is 4.39. The van der Waals surface area contributed by atoms with Crippen LogP contribution in [0.5, 0.6) is 11.5 Å². The van der Waals surface area contributed by atoms with Crippen LogP contribution in [0.2, 0.25) is 0 Å². The minimum absolute atomic E-state index is 0.0849. The number of carbonyl (C=O) groups excluding carboxylic acids is 5. The number of methoxy groups -OCH3 is 3. The van der Waals surface area contributed by atoms with Gasteiger partial charge in [-0.1, -0.05) is 18.2 Å². The van der Waals surface area contributed by atoms with E-state index in [1.54, 1.807) is 49.4 Å². The number of fused-ring (bicyclic) bond motifs is 4. The van der Waals surface area contributed by atoms with Gasteiger partial charge in [-0.2, -0.15) is 0 Å². The summed E-state index contributed by atoms with van der Waals surface area (Å²) in [7, 11) is 4.37. The number of unbranched alkanes of at least 4 members (excludes halogenated alkanes) is 1. The zero-order valence-corrected chi connectivity index (χ0v) is 30.5. The van der Waals surface area contributed by atoms with Gasteiger partial charge in [0.25, 0.3) is 5.91 Å². The molecule has 3 N–H and O–H groups in total. The molecule has 2 heterocycles. The van der Waals surface area contributed by atoms with Crippen molar-refractivity contribution in [2.75, 3.05) is 31.5 Å². The fourth-order valence-corrected chi connectivity index (χ4v) is 6.21. The summed E-state index contributed by atoms with van der Waals surface area (Å²) in [6, 6.07) is 14.6. The zero-order chi connectivity index (χ0) is 38.1. The number of esters is 1. The summed E-state index contributed by atoms with van der Waals surface area (Å²) < 4.78 is 21.8. The van der Waals surface area contributed by atoms with Crippen molar-refractivity contribution in [2.45, 2.75) is 77.3 Å². The minimum atomic E-state index is -0.927. The third-order valence-electron chi connectivity index (χ3n) is 8.94. The summed E-state index contributed by atoms with van der Waals surface area (Å²) in [5.41, 5.74) is 4.79. The second kappa shape index (κ2) is 17.6. The van der Waals surface area contributed by atoms with E-state index in [4.69, 9.17) is 14.2 Å². The first-order chi connectivity index (χ1) is 25.5. The highest BCUT2D eigenvalue weighted by Crippen LogP contribution is 2.41. The van der Waals surface area contributed by atoms with E-state index in [0.29, 0.717) is 53.3 Å². The first-order valence-corrected chi connectivity index (χ1v) is 17.4. The van der Waals surface area contributed by atoms with Gasteiger partial charge in [-0.05, 0) is 73.7 Å². The van der Waals surface area contributed by atoms with Crippen molar-refractivity contribution in [2.24, 2.45) is 4.99 Å². The van der Waals surface area contributed by atoms with E-state index in [-0.39, 0.29) is 49.9 Å². The summed E-state index contributed by atoms with van der Waals surface area (Å²) in [6.45, 7) is 3.42. The van der Waals surface area contributed by atoms with Gasteiger partial charge < -0.3 is 34.9 Å². The highest BCUT2D eigenvalue weighted by atomic mass is 16.5. The summed E-state index contributed by atoms with van der Waals surface area (Å²) >= 11 is 0. The second-order valence-corrected chi connectivity index (χ2v) is 12.9. The van der Waals surface area contributed by atoms with Crippen LogP contribution < -0.4 is 30.3 Å². The highest BCUT2D eigenvalue weighted by Gasteiger charge is 2.36. The number of benzene rings is 3. The Morgan fingerprint density at radius 3 is 2.32 bits per heavy atom. The van der Waals surface area contributed by atoms with Crippen LogP contribution in [-0.4, -0.2) is 75.3 Å². The van der Waals surface area contributed by atoms with Crippen LogP contribution in [0.15, 0.2) is 59.6 Å². The number of rotatable bonds is 16. The van der Waals surface area contributed by atoms with Crippen LogP contribution in [-0.2, 0) is 48.3 Å². The number of aliphatic imine (C=N–C) groups is 1. The zero-order valence-electron chi connectivity index (χ0n) is 30.5. The Labute approximate surface area is 308 Å². The van der Waals surface area contributed by atoms with E-state index >= 15 is 0 Å². The molecule has 3 atom stereocenters. The topological polar surface area (TPSA) is 174 Å². The van der Waals surface area contributed by atoms with Gasteiger partial charge in [0.05, 0.1) is 38.1 Å². The molecule has 14 heteroatoms. The highest BCUT2D eigenvalue weighted by molar-refractivity contribution is 6.14. The molecule has 0 aromatic heterocycles. The molecule has 53 heavy (non-hydrogen) atoms. The Hall–Kier alpha value is -5.76. The summed E-state index contributed by atoms with van der Waals surface area (Å²) in [6.07, 6.45) is 3.80. The number of carbonyl (C=O) groups is 5. The van der Waals surface area contributed by atoms with Crippen molar-refractivity contribution in [3.05, 3.63) is 76.9 Å². The molecule has 0 radical (unpaired) electrons. The standard InChI is InChI=1S/C39H45N5O9/c1-23(41-35(45)12-8-9-13-36(46)52-5)37(47)42-24(2)38(48)43-28-15-25(21-50-3)14-26(16-28)22-53-34-19-31-30(18-33(34)51-4)39(49)44-29(20-40-31)17-27-10-6-7-11-32(27)44/h6-7,10-11,14-16,18-20,23-24,29H,8-9,12-13,17,21-22H2,1-5H3,(H,41,45)(H,42,47)(H,43,48)/t23-,24-,29-/m0/s1. The number of para-hydroxylation sites is 1. The van der Waals surface area contributed by atoms with Crippen molar-refractivity contribution >= 4 is 52.9 Å². The normalized spacial score (nSPS) is 15.2. The third-order valence-corrected chi connectivity index (χ3v) is 8.94. The molecule has 0 aliphatic carbocycles. The van der Waals surface area contributed by atoms with Crippen molar-refractivity contribution in [1.82, 2.24) is 10.6 Å². The fourth-order valence-electron chi connectivity index (χ4n) is 6.21. The molecule has 280 valence electrons. The molecule has 5 rings (SSSR count). The maximum absolute atomic E-state index is 13.8. The van der Waals surface area contributed by atoms with E-state index in [2.05, 4.69) is 25.7 Å². The van der Waals surface area contributed by atoms with Gasteiger partial charge in [-0.3, -0.25) is 33.9 Å². The number of anilines is 2. The van der Waals surface area contributed by atoms with Crippen LogP contribution in [0, 0.1) is 0 Å². The van der Waals surface area contributed by atoms with Gasteiger partial charge in [0.2, 0.25) is 17.7 Å². The maximum atomic E-state index is 13.8. The lowest BCUT2D eigenvalue weighted by atomic mass is 10.1. The van der Waals surface area contributed by atoms with Gasteiger partial charge in [-0.25, -0.2) is 0 Å². The van der Waals surface area contributed by atoms with E-state index in [1.807, 2.05) is 30.3 Å². The van der Waals surface area contributed by atoms with Crippen LogP contribution in [0.3, 0.4) is 0 Å². The smallest absolute Gasteiger partial charge is 0.305 e. The second-order valence-electron chi connectivity index (χ2n) is 12.9. The Bertz CT molecular complexity index is 1890. The molecule has 0 saturated heterocycles. The molecule has 0 bridgehead atoms. The first-order valence-electron chi connectivity index (χ1n) is 17.4. The van der Waals surface area contributed by atoms with Gasteiger partial charge in [-0.15, -0.1) is 0 Å². The number of hydrogen-bond donors (Lipinski definition) is 3. The van der Waals surface area contributed by atoms with E-state index in [9.17, 15) is 24.0 Å². The largest absolute Gasteiger partial charge is 0.493 e. The lowest BCUT2D eigenvalue weighted by molar-refractivity contribution is -0.140. The molecular formula is C39H45N5O9. The molecule has 14 nitrogen and oxygen atoms in total. The van der Waals surface area contributed by atoms with Gasteiger partial charge in [0.1, 0.15) is 18.7 Å². The summed E-state index contributed by atoms with van der Waals surface area (Å²) in [5, 5.41) is 8.08. The quantitative estimate of drug-likeness (QED) is 0.143. The Kier molecular flexibility index (Phi) is 12.8. The van der Waals surface area contributed by atoms with Crippen LogP contribution in [0.25, 0.3) is 0 Å². The molecule has 2 aliphatic rings. The SMILES string of the molecule is COCc1cc(COc2cc3c(cc2OC)C(=O)N2c4ccccc4C[C@H]2C=N3)cc(NC(=O)[C@H](C)NC(=O)[C@H](C)NC(=O)CCCCC(=O)OC)c1. The Balaban J connectivity index is 1.21. The molecule has 3 aromatic carbocycles. The Morgan fingerprint density at radius 1 is 0.868 bits per heavy atom. The van der Waals surface area contributed by atoms with E-state index < -0.39 is 23.9 Å². The molecule has 0 spiro atoms. The lowest BCUT2D eigenvalue weighted by Crippen LogP contribution is -2.50. The predicted molar refractivity (Wildman–Crippen MR) is 198 cm³/mol. The van der Waals surface area contributed by atoms with E-state index in [0.717, 1.165) is 16.8 Å². The molecular weight excluding hydrogens is 682 g/mol. The number of nitrogens with zero attached hydrogens (tertiary/aromatic N) is 2. The van der Waals surface area contributed by atoms with Gasteiger partial charge in [0.15, 0.2) is 11.5 Å². The molecule has 0 fully saturated rings. The molecule has 0 unspecified atom stereocenters. The monoisotopic (exact) mass is 727 g/mol. The number of nitrogens with one attached hydrogen (secondary N) is 3. The first kappa shape index (κ1) is 38.5. The maximum Gasteiger partial charge on any atom is 0.305 e. The van der Waals surface area contributed by atoms with Gasteiger partial charge >= 0.3 is 5.97 Å². The van der Waals surface area contributed by atoms with E-state index in [1.165, 1.54) is 21.1 Å². The Morgan fingerprint density at radius 2 is 1.58 bits per heavy atom. The molecule has 4 amide bonds. The van der Waals surface area contributed by atoms with Crippen LogP contribution in [0.4, 0.5) is 17.1 Å². The molecule has 2 aliphatic heterocycles. The van der Waals surface area contributed by atoms with Crippen LogP contribution in [0.1, 0.15) is 66.6 Å². The van der Waals surface area contributed by atoms with Crippen molar-refractivity contribution in [1.29, 1.82) is 0 Å². The van der Waals surface area contributed by atoms with Crippen molar-refractivity contribution in [3.63, 3.8) is 0 Å². The average molecular weight is 728 g/mol. The molecule has 0 saturated carbocycles.